The normalized spacial score (nSPS) is 22.9. The maximum absolute atomic E-state index is 14.4. The van der Waals surface area contributed by atoms with E-state index in [2.05, 4.69) is 34.2 Å². The SMILES string of the molecule is CCN(C[C@@]12CC[C@@H](c3cc(-c4c(F)cccc4F)nnc31)C2(C)C)c1nnc(CO)o1. The standard InChI is InChI=1S/C23H25F2N5O2/c1-4-30(21-29-27-18(11-31)32-21)12-23-9-8-14(22(23,2)3)13-10-17(26-28-20(13)23)19-15(24)6-5-7-16(19)25/h5-7,10,14,31H,4,8-9,11-12H2,1-3H3/t14-,23-/m0/s1. The highest BCUT2D eigenvalue weighted by atomic mass is 19.1. The topological polar surface area (TPSA) is 88.2 Å². The quantitative estimate of drug-likeness (QED) is 0.619. The number of aromatic nitrogens is 4. The van der Waals surface area contributed by atoms with Crippen molar-refractivity contribution in [1.82, 2.24) is 20.4 Å². The van der Waals surface area contributed by atoms with Crippen LogP contribution in [0.25, 0.3) is 11.3 Å². The highest BCUT2D eigenvalue weighted by Gasteiger charge is 2.64. The number of anilines is 1. The van der Waals surface area contributed by atoms with Crippen LogP contribution in [0.5, 0.6) is 0 Å². The number of likely N-dealkylation sites (N-methyl/N-ethyl adjacent to an activating group) is 1. The van der Waals surface area contributed by atoms with Crippen molar-refractivity contribution >= 4 is 6.01 Å². The maximum atomic E-state index is 14.4. The average molecular weight is 441 g/mol. The van der Waals surface area contributed by atoms with Gasteiger partial charge < -0.3 is 14.4 Å². The minimum absolute atomic E-state index is 0.144. The molecule has 2 heterocycles. The molecule has 0 saturated heterocycles. The van der Waals surface area contributed by atoms with Crippen molar-refractivity contribution in [2.75, 3.05) is 18.0 Å². The van der Waals surface area contributed by atoms with Gasteiger partial charge in [0, 0.05) is 18.5 Å². The molecule has 2 atom stereocenters. The Morgan fingerprint density at radius 3 is 2.56 bits per heavy atom. The zero-order chi connectivity index (χ0) is 22.7. The Bertz CT molecular complexity index is 1160. The molecular formula is C23H25F2N5O2. The molecule has 9 heteroatoms. The summed E-state index contributed by atoms with van der Waals surface area (Å²) in [7, 11) is 0. The molecule has 0 aliphatic heterocycles. The summed E-state index contributed by atoms with van der Waals surface area (Å²) >= 11 is 0. The van der Waals surface area contributed by atoms with E-state index in [9.17, 15) is 13.9 Å². The van der Waals surface area contributed by atoms with Crippen molar-refractivity contribution in [3.63, 3.8) is 0 Å². The first-order chi connectivity index (χ1) is 15.3. The largest absolute Gasteiger partial charge is 0.405 e. The molecule has 1 fully saturated rings. The summed E-state index contributed by atoms with van der Waals surface area (Å²) in [6, 6.07) is 5.97. The number of halogens is 2. The predicted molar refractivity (Wildman–Crippen MR) is 113 cm³/mol. The molecule has 5 rings (SSSR count). The minimum atomic E-state index is -0.649. The second-order valence-electron chi connectivity index (χ2n) is 9.18. The Morgan fingerprint density at radius 1 is 1.16 bits per heavy atom. The highest BCUT2D eigenvalue weighted by Crippen LogP contribution is 2.67. The zero-order valence-corrected chi connectivity index (χ0v) is 18.3. The first-order valence-electron chi connectivity index (χ1n) is 10.8. The smallest absolute Gasteiger partial charge is 0.318 e. The maximum Gasteiger partial charge on any atom is 0.318 e. The van der Waals surface area contributed by atoms with E-state index in [0.29, 0.717) is 19.1 Å². The Balaban J connectivity index is 1.58. The molecule has 32 heavy (non-hydrogen) atoms. The van der Waals surface area contributed by atoms with Gasteiger partial charge in [0.05, 0.1) is 17.0 Å². The summed E-state index contributed by atoms with van der Waals surface area (Å²) in [4.78, 5) is 2.00. The molecule has 0 radical (unpaired) electrons. The first kappa shape index (κ1) is 20.9. The van der Waals surface area contributed by atoms with E-state index in [-0.39, 0.29) is 40.5 Å². The van der Waals surface area contributed by atoms with E-state index in [0.717, 1.165) is 24.1 Å². The van der Waals surface area contributed by atoms with Crippen molar-refractivity contribution < 1.29 is 18.3 Å². The second kappa shape index (κ2) is 7.30. The number of aliphatic hydroxyl groups excluding tert-OH is 1. The molecule has 0 unspecified atom stereocenters. The van der Waals surface area contributed by atoms with Crippen LogP contribution in [-0.2, 0) is 12.0 Å². The third-order valence-corrected chi connectivity index (χ3v) is 7.54. The van der Waals surface area contributed by atoms with Crippen LogP contribution in [0.4, 0.5) is 14.8 Å². The number of aliphatic hydroxyl groups is 1. The van der Waals surface area contributed by atoms with E-state index in [4.69, 9.17) is 4.42 Å². The number of fused-ring (bicyclic) bond motifs is 5. The van der Waals surface area contributed by atoms with Gasteiger partial charge >= 0.3 is 6.01 Å². The van der Waals surface area contributed by atoms with Gasteiger partial charge in [0.15, 0.2) is 0 Å². The molecule has 1 saturated carbocycles. The molecular weight excluding hydrogens is 416 g/mol. The van der Waals surface area contributed by atoms with Gasteiger partial charge in [-0.3, -0.25) is 0 Å². The van der Waals surface area contributed by atoms with Crippen LogP contribution >= 0.6 is 0 Å². The van der Waals surface area contributed by atoms with Crippen LogP contribution in [0.15, 0.2) is 28.7 Å². The molecule has 2 aliphatic rings. The molecule has 7 nitrogen and oxygen atoms in total. The third-order valence-electron chi connectivity index (χ3n) is 7.54. The van der Waals surface area contributed by atoms with Crippen molar-refractivity contribution in [3.05, 3.63) is 53.0 Å². The fourth-order valence-electron chi connectivity index (χ4n) is 5.72. The minimum Gasteiger partial charge on any atom is -0.405 e. The van der Waals surface area contributed by atoms with E-state index >= 15 is 0 Å². The van der Waals surface area contributed by atoms with Gasteiger partial charge in [-0.1, -0.05) is 25.0 Å². The summed E-state index contributed by atoms with van der Waals surface area (Å²) in [6.45, 7) is 7.36. The van der Waals surface area contributed by atoms with Gasteiger partial charge in [-0.2, -0.15) is 10.2 Å². The lowest BCUT2D eigenvalue weighted by molar-refractivity contribution is 0.205. The molecule has 1 N–H and O–H groups in total. The Labute approximate surface area is 184 Å². The first-order valence-corrected chi connectivity index (χ1v) is 10.8. The molecule has 2 bridgehead atoms. The lowest BCUT2D eigenvalue weighted by atomic mass is 9.68. The molecule has 0 spiro atoms. The van der Waals surface area contributed by atoms with Crippen LogP contribution in [0.2, 0.25) is 0 Å². The van der Waals surface area contributed by atoms with Crippen molar-refractivity contribution in [2.45, 2.75) is 51.6 Å². The zero-order valence-electron chi connectivity index (χ0n) is 18.3. The van der Waals surface area contributed by atoms with E-state index < -0.39 is 11.6 Å². The Hall–Kier alpha value is -2.94. The molecule has 2 aromatic heterocycles. The van der Waals surface area contributed by atoms with Crippen LogP contribution < -0.4 is 4.90 Å². The van der Waals surface area contributed by atoms with Crippen molar-refractivity contribution in [2.24, 2.45) is 5.41 Å². The van der Waals surface area contributed by atoms with Gasteiger partial charge in [-0.25, -0.2) is 8.78 Å². The van der Waals surface area contributed by atoms with Crippen molar-refractivity contribution in [3.8, 4) is 11.3 Å². The van der Waals surface area contributed by atoms with Crippen LogP contribution in [0, 0.1) is 17.0 Å². The number of rotatable bonds is 6. The van der Waals surface area contributed by atoms with E-state index in [1.165, 1.54) is 18.2 Å². The van der Waals surface area contributed by atoms with Gasteiger partial charge in [-0.15, -0.1) is 5.10 Å². The number of benzene rings is 1. The summed E-state index contributed by atoms with van der Waals surface area (Å²) in [5.74, 6) is -0.923. The van der Waals surface area contributed by atoms with Crippen molar-refractivity contribution in [1.29, 1.82) is 0 Å². The third kappa shape index (κ3) is 2.80. The predicted octanol–water partition coefficient (Wildman–Crippen LogP) is 3.98. The monoisotopic (exact) mass is 441 g/mol. The average Bonchev–Trinajstić information content (AvgIpc) is 3.39. The van der Waals surface area contributed by atoms with Crippen LogP contribution in [0.3, 0.4) is 0 Å². The summed E-state index contributed by atoms with van der Waals surface area (Å²) in [5, 5.41) is 26.1. The van der Waals surface area contributed by atoms with Crippen LogP contribution in [0.1, 0.15) is 56.7 Å². The fourth-order valence-corrected chi connectivity index (χ4v) is 5.72. The number of hydrogen-bond acceptors (Lipinski definition) is 7. The van der Waals surface area contributed by atoms with Crippen LogP contribution in [-0.4, -0.2) is 38.6 Å². The molecule has 1 aromatic carbocycles. The lowest BCUT2D eigenvalue weighted by Crippen LogP contribution is -2.46. The van der Waals surface area contributed by atoms with Gasteiger partial charge in [0.25, 0.3) is 0 Å². The number of nitrogens with zero attached hydrogens (tertiary/aromatic N) is 5. The lowest BCUT2D eigenvalue weighted by Gasteiger charge is -2.40. The summed E-state index contributed by atoms with van der Waals surface area (Å²) in [6.07, 6.45) is 1.87. The van der Waals surface area contributed by atoms with E-state index in [1.807, 2.05) is 17.9 Å². The molecule has 2 aliphatic carbocycles. The number of hydrogen-bond donors (Lipinski definition) is 1. The molecule has 3 aromatic rings. The van der Waals surface area contributed by atoms with Gasteiger partial charge in [-0.05, 0) is 54.9 Å². The Morgan fingerprint density at radius 2 is 1.91 bits per heavy atom. The van der Waals surface area contributed by atoms with Gasteiger partial charge in [0.1, 0.15) is 18.2 Å². The fraction of sp³-hybridized carbons (Fsp3) is 0.478. The summed E-state index contributed by atoms with van der Waals surface area (Å²) in [5.41, 5.74) is 1.48. The summed E-state index contributed by atoms with van der Waals surface area (Å²) < 4.78 is 34.4. The molecule has 168 valence electrons. The second-order valence-corrected chi connectivity index (χ2v) is 9.18. The van der Waals surface area contributed by atoms with Gasteiger partial charge in [0.2, 0.25) is 5.89 Å². The highest BCUT2D eigenvalue weighted by molar-refractivity contribution is 5.63. The Kier molecular flexibility index (Phi) is 4.77. The molecule has 0 amide bonds. The van der Waals surface area contributed by atoms with E-state index in [1.54, 1.807) is 0 Å².